The first-order chi connectivity index (χ1) is 4.61. The van der Waals surface area contributed by atoms with Crippen LogP contribution in [-0.4, -0.2) is 9.58 Å². The summed E-state index contributed by atoms with van der Waals surface area (Å²) in [6.45, 7) is 0. The molecule has 54 valence electrons. The molecular weight excluding hydrogens is 316 g/mol. The van der Waals surface area contributed by atoms with Gasteiger partial charge in [0.15, 0.2) is 0 Å². The molecule has 1 aromatic rings. The Morgan fingerprint density at radius 2 is 1.60 bits per heavy atom. The first kappa shape index (κ1) is 8.82. The summed E-state index contributed by atoms with van der Waals surface area (Å²) in [5.41, 5.74) is 0. The maximum absolute atomic E-state index is 3.69. The van der Waals surface area contributed by atoms with E-state index in [1.54, 1.807) is 0 Å². The van der Waals surface area contributed by atoms with Crippen LogP contribution < -0.4 is 4.40 Å². The standard InChI is InChI=1S/C7H8Br2Ge/c1-10(8,9)7-5-3-2-4-6-7/h2-6H,1H3. The van der Waals surface area contributed by atoms with E-state index < -0.39 is 9.58 Å². The summed E-state index contributed by atoms with van der Waals surface area (Å²) in [6.07, 6.45) is 0. The van der Waals surface area contributed by atoms with Crippen LogP contribution in [0.4, 0.5) is 0 Å². The van der Waals surface area contributed by atoms with Crippen molar-refractivity contribution in [3.63, 3.8) is 0 Å². The second kappa shape index (κ2) is 3.41. The molecule has 0 fully saturated rings. The Morgan fingerprint density at radius 3 is 1.90 bits per heavy atom. The zero-order chi connectivity index (χ0) is 7.61. The van der Waals surface area contributed by atoms with Gasteiger partial charge in [0.1, 0.15) is 0 Å². The quantitative estimate of drug-likeness (QED) is 0.697. The number of halogens is 2. The molecule has 0 amide bonds. The molecule has 1 aromatic carbocycles. The first-order valence-corrected chi connectivity index (χ1v) is 16.0. The molecule has 0 atom stereocenters. The van der Waals surface area contributed by atoms with E-state index in [2.05, 4.69) is 58.0 Å². The van der Waals surface area contributed by atoms with Crippen molar-refractivity contribution in [3.8, 4) is 0 Å². The number of rotatable bonds is 1. The van der Waals surface area contributed by atoms with Crippen LogP contribution in [0, 0.1) is 0 Å². The fourth-order valence-corrected chi connectivity index (χ4v) is 5.11. The van der Waals surface area contributed by atoms with Crippen molar-refractivity contribution in [2.24, 2.45) is 0 Å². The zero-order valence-electron chi connectivity index (χ0n) is 5.64. The van der Waals surface area contributed by atoms with E-state index in [1.165, 1.54) is 4.40 Å². The van der Waals surface area contributed by atoms with Crippen LogP contribution in [0.25, 0.3) is 0 Å². The Labute approximate surface area is 77.6 Å². The van der Waals surface area contributed by atoms with Crippen LogP contribution in [0.1, 0.15) is 0 Å². The van der Waals surface area contributed by atoms with E-state index in [-0.39, 0.29) is 0 Å². The third kappa shape index (κ3) is 2.40. The monoisotopic (exact) mass is 324 g/mol. The summed E-state index contributed by atoms with van der Waals surface area (Å²) in [5.74, 6) is 2.25. The second-order valence-electron chi connectivity index (χ2n) is 2.25. The summed E-state index contributed by atoms with van der Waals surface area (Å²) in [6, 6.07) is 10.5. The molecule has 0 bridgehead atoms. The SMILES string of the molecule is [CH3][Ge]([Br])([Br])[c]1ccccc1. The third-order valence-corrected chi connectivity index (χ3v) is 8.87. The molecule has 0 radical (unpaired) electrons. The molecule has 0 spiro atoms. The molecule has 10 heavy (non-hydrogen) atoms. The van der Waals surface area contributed by atoms with Crippen LogP contribution in [0.15, 0.2) is 30.3 Å². The number of hydrogen-bond donors (Lipinski definition) is 0. The van der Waals surface area contributed by atoms with Crippen LogP contribution in [0.2, 0.25) is 5.76 Å². The summed E-state index contributed by atoms with van der Waals surface area (Å²) >= 11 is 7.38. The molecule has 0 saturated heterocycles. The third-order valence-electron chi connectivity index (χ3n) is 1.28. The Morgan fingerprint density at radius 1 is 1.10 bits per heavy atom. The van der Waals surface area contributed by atoms with Crippen molar-refractivity contribution in [1.29, 1.82) is 0 Å². The van der Waals surface area contributed by atoms with Crippen LogP contribution in [0.5, 0.6) is 0 Å². The number of hydrogen-bond acceptors (Lipinski definition) is 0. The summed E-state index contributed by atoms with van der Waals surface area (Å²) in [5, 5.41) is 0. The van der Waals surface area contributed by atoms with Crippen molar-refractivity contribution in [1.82, 2.24) is 0 Å². The topological polar surface area (TPSA) is 0 Å². The van der Waals surface area contributed by atoms with Gasteiger partial charge in [0, 0.05) is 0 Å². The summed E-state index contributed by atoms with van der Waals surface area (Å²) in [7, 11) is -1.87. The van der Waals surface area contributed by atoms with Crippen molar-refractivity contribution in [2.45, 2.75) is 5.76 Å². The molecule has 0 aromatic heterocycles. The van der Waals surface area contributed by atoms with Gasteiger partial charge in [0.25, 0.3) is 0 Å². The van der Waals surface area contributed by atoms with Gasteiger partial charge in [0.05, 0.1) is 0 Å². The summed E-state index contributed by atoms with van der Waals surface area (Å²) < 4.78 is 1.42. The van der Waals surface area contributed by atoms with Crippen molar-refractivity contribution in [3.05, 3.63) is 30.3 Å². The van der Waals surface area contributed by atoms with E-state index >= 15 is 0 Å². The molecule has 0 N–H and O–H groups in total. The molecule has 0 aliphatic rings. The minimum atomic E-state index is -1.87. The Hall–Kier alpha value is 0.723. The fourth-order valence-electron chi connectivity index (χ4n) is 0.731. The molecule has 0 unspecified atom stereocenters. The molecule has 0 heterocycles. The van der Waals surface area contributed by atoms with Gasteiger partial charge in [-0.2, -0.15) is 0 Å². The molecular formula is C7H8Br2Ge. The van der Waals surface area contributed by atoms with Crippen molar-refractivity contribution < 1.29 is 0 Å². The maximum atomic E-state index is 3.69. The predicted molar refractivity (Wildman–Crippen MR) is 55.5 cm³/mol. The normalized spacial score (nSPS) is 11.5. The van der Waals surface area contributed by atoms with Crippen molar-refractivity contribution >= 4 is 42.0 Å². The van der Waals surface area contributed by atoms with Gasteiger partial charge < -0.3 is 0 Å². The molecule has 0 aliphatic carbocycles. The molecule has 0 saturated carbocycles. The molecule has 3 heteroatoms. The Kier molecular flexibility index (Phi) is 3.01. The van der Waals surface area contributed by atoms with Gasteiger partial charge in [0.2, 0.25) is 0 Å². The van der Waals surface area contributed by atoms with Crippen molar-refractivity contribution in [2.75, 3.05) is 0 Å². The Bertz CT molecular complexity index is 203. The van der Waals surface area contributed by atoms with Gasteiger partial charge in [-0.15, -0.1) is 0 Å². The van der Waals surface area contributed by atoms with Gasteiger partial charge >= 0.3 is 78.1 Å². The van der Waals surface area contributed by atoms with Gasteiger partial charge in [-0.1, -0.05) is 0 Å². The zero-order valence-corrected chi connectivity index (χ0v) is 10.9. The van der Waals surface area contributed by atoms with E-state index in [1.807, 2.05) is 6.07 Å². The van der Waals surface area contributed by atoms with Crippen LogP contribution >= 0.6 is 28.0 Å². The van der Waals surface area contributed by atoms with E-state index in [4.69, 9.17) is 0 Å². The average molecular weight is 325 g/mol. The Balaban J connectivity index is 2.97. The van der Waals surface area contributed by atoms with Gasteiger partial charge in [-0.25, -0.2) is 0 Å². The number of benzene rings is 1. The first-order valence-electron chi connectivity index (χ1n) is 3.04. The fraction of sp³-hybridized carbons (Fsp3) is 0.143. The second-order valence-corrected chi connectivity index (χ2v) is 29.2. The molecule has 0 nitrogen and oxygen atoms in total. The summed E-state index contributed by atoms with van der Waals surface area (Å²) in [4.78, 5) is 0. The van der Waals surface area contributed by atoms with E-state index in [0.717, 1.165) is 0 Å². The molecule has 0 aliphatic heterocycles. The van der Waals surface area contributed by atoms with E-state index in [0.29, 0.717) is 0 Å². The molecule has 1 rings (SSSR count). The van der Waals surface area contributed by atoms with Gasteiger partial charge in [-0.3, -0.25) is 0 Å². The van der Waals surface area contributed by atoms with Crippen LogP contribution in [0.3, 0.4) is 0 Å². The minimum absolute atomic E-state index is 1.42. The van der Waals surface area contributed by atoms with E-state index in [9.17, 15) is 0 Å². The average Bonchev–Trinajstić information content (AvgIpc) is 1.88. The van der Waals surface area contributed by atoms with Crippen LogP contribution in [-0.2, 0) is 0 Å². The predicted octanol–water partition coefficient (Wildman–Crippen LogP) is 2.76. The van der Waals surface area contributed by atoms with Gasteiger partial charge in [-0.05, 0) is 0 Å².